The van der Waals surface area contributed by atoms with Crippen molar-refractivity contribution >= 4 is 17.5 Å². The molecule has 0 radical (unpaired) electrons. The van der Waals surface area contributed by atoms with Gasteiger partial charge in [-0.3, -0.25) is 14.7 Å². The predicted octanol–water partition coefficient (Wildman–Crippen LogP) is 3.77. The first kappa shape index (κ1) is 19.3. The molecule has 1 saturated heterocycles. The normalized spacial score (nSPS) is 18.4. The number of pyridine rings is 1. The second kappa shape index (κ2) is 7.85. The van der Waals surface area contributed by atoms with E-state index in [-0.39, 0.29) is 5.91 Å². The molecule has 0 atom stereocenters. The fourth-order valence-corrected chi connectivity index (χ4v) is 4.24. The van der Waals surface area contributed by atoms with Crippen molar-refractivity contribution in [2.75, 3.05) is 26.2 Å². The molecule has 0 N–H and O–H groups in total. The molecule has 1 aliphatic heterocycles. The lowest BCUT2D eigenvalue weighted by Gasteiger charge is -2.36. The average Bonchev–Trinajstić information content (AvgIpc) is 3.44. The van der Waals surface area contributed by atoms with Crippen molar-refractivity contribution in [3.8, 4) is 11.3 Å². The van der Waals surface area contributed by atoms with Gasteiger partial charge < -0.3 is 9.42 Å². The summed E-state index contributed by atoms with van der Waals surface area (Å²) >= 11 is 5.97. The first-order valence-electron chi connectivity index (χ1n) is 10.3. The third-order valence-electron chi connectivity index (χ3n) is 6.08. The molecule has 1 amide bonds. The van der Waals surface area contributed by atoms with Crippen LogP contribution in [-0.4, -0.2) is 52.0 Å². The minimum Gasteiger partial charge on any atom is -0.356 e. The van der Waals surface area contributed by atoms with Gasteiger partial charge >= 0.3 is 0 Å². The third-order valence-corrected chi connectivity index (χ3v) is 6.33. The molecule has 2 fully saturated rings. The fourth-order valence-electron chi connectivity index (χ4n) is 4.12. The average molecular weight is 423 g/mol. The van der Waals surface area contributed by atoms with Gasteiger partial charge in [-0.05, 0) is 48.7 Å². The van der Waals surface area contributed by atoms with E-state index in [9.17, 15) is 4.79 Å². The van der Waals surface area contributed by atoms with Crippen LogP contribution >= 0.6 is 11.6 Å². The summed E-state index contributed by atoms with van der Waals surface area (Å²) in [5.41, 5.74) is 2.34. The van der Waals surface area contributed by atoms with Crippen LogP contribution in [0.5, 0.6) is 0 Å². The van der Waals surface area contributed by atoms with Crippen molar-refractivity contribution in [1.82, 2.24) is 19.9 Å². The Kier molecular flexibility index (Phi) is 5.05. The maximum absolute atomic E-state index is 13.3. The lowest BCUT2D eigenvalue weighted by atomic mass is 9.99. The van der Waals surface area contributed by atoms with Crippen molar-refractivity contribution in [2.45, 2.75) is 24.8 Å². The number of halogens is 1. The quantitative estimate of drug-likeness (QED) is 0.626. The fraction of sp³-hybridized carbons (Fsp3) is 0.348. The van der Waals surface area contributed by atoms with Gasteiger partial charge in [0.05, 0.1) is 11.1 Å². The van der Waals surface area contributed by atoms with Crippen LogP contribution in [-0.2, 0) is 16.8 Å². The number of rotatable bonds is 5. The van der Waals surface area contributed by atoms with Crippen LogP contribution in [0.2, 0.25) is 5.02 Å². The second-order valence-electron chi connectivity index (χ2n) is 8.10. The number of hydrogen-bond acceptors (Lipinski definition) is 5. The molecule has 0 unspecified atom stereocenters. The van der Waals surface area contributed by atoms with E-state index in [1.54, 1.807) is 6.20 Å². The Morgan fingerprint density at radius 3 is 2.53 bits per heavy atom. The van der Waals surface area contributed by atoms with Gasteiger partial charge in [0.2, 0.25) is 5.91 Å². The Morgan fingerprint density at radius 1 is 1.10 bits per heavy atom. The number of carbonyl (C=O) groups excluding carboxylic acids is 1. The second-order valence-corrected chi connectivity index (χ2v) is 8.53. The van der Waals surface area contributed by atoms with E-state index in [0.717, 1.165) is 56.8 Å². The van der Waals surface area contributed by atoms with E-state index >= 15 is 0 Å². The SMILES string of the molecule is O=C(N1CCN(Cc2cccnc2)CC1)C1(c2cc(-c3ccc(Cl)cc3)on2)CC1. The van der Waals surface area contributed by atoms with E-state index in [2.05, 4.69) is 21.1 Å². The molecule has 3 aromatic rings. The van der Waals surface area contributed by atoms with Gasteiger partial charge in [-0.2, -0.15) is 0 Å². The largest absolute Gasteiger partial charge is 0.356 e. The van der Waals surface area contributed by atoms with Crippen LogP contribution in [0.25, 0.3) is 11.3 Å². The maximum atomic E-state index is 13.3. The van der Waals surface area contributed by atoms with Crippen molar-refractivity contribution in [2.24, 2.45) is 0 Å². The molecule has 30 heavy (non-hydrogen) atoms. The molecule has 3 heterocycles. The van der Waals surface area contributed by atoms with Gasteiger partial charge in [-0.1, -0.05) is 22.8 Å². The first-order valence-corrected chi connectivity index (χ1v) is 10.7. The van der Waals surface area contributed by atoms with Crippen LogP contribution in [0, 0.1) is 0 Å². The highest BCUT2D eigenvalue weighted by molar-refractivity contribution is 6.30. The lowest BCUT2D eigenvalue weighted by Crippen LogP contribution is -2.51. The van der Waals surface area contributed by atoms with Crippen molar-refractivity contribution in [1.29, 1.82) is 0 Å². The van der Waals surface area contributed by atoms with Gasteiger partial charge in [0.1, 0.15) is 0 Å². The molecule has 0 bridgehead atoms. The summed E-state index contributed by atoms with van der Waals surface area (Å²) in [5.74, 6) is 0.849. The van der Waals surface area contributed by atoms with Crippen LogP contribution in [0.4, 0.5) is 0 Å². The van der Waals surface area contributed by atoms with E-state index < -0.39 is 5.41 Å². The minimum atomic E-state index is -0.514. The molecular weight excluding hydrogens is 400 g/mol. The topological polar surface area (TPSA) is 62.5 Å². The van der Waals surface area contributed by atoms with E-state index in [4.69, 9.17) is 16.1 Å². The number of nitrogens with zero attached hydrogens (tertiary/aromatic N) is 4. The molecular formula is C23H23ClN4O2. The summed E-state index contributed by atoms with van der Waals surface area (Å²) in [7, 11) is 0. The number of hydrogen-bond donors (Lipinski definition) is 0. The zero-order valence-electron chi connectivity index (χ0n) is 16.6. The smallest absolute Gasteiger partial charge is 0.235 e. The molecule has 154 valence electrons. The standard InChI is InChI=1S/C23H23ClN4O2/c24-19-5-3-18(4-6-19)20-14-21(26-30-20)23(7-8-23)22(29)28-12-10-27(11-13-28)16-17-2-1-9-25-15-17/h1-6,9,14-15H,7-8,10-13,16H2. The van der Waals surface area contributed by atoms with E-state index in [1.807, 2.05) is 47.5 Å². The highest BCUT2D eigenvalue weighted by atomic mass is 35.5. The number of amides is 1. The Bertz CT molecular complexity index is 1020. The van der Waals surface area contributed by atoms with Crippen LogP contribution in [0.1, 0.15) is 24.1 Å². The number of carbonyl (C=O) groups is 1. The zero-order valence-corrected chi connectivity index (χ0v) is 17.4. The molecule has 5 rings (SSSR count). The van der Waals surface area contributed by atoms with Crippen molar-refractivity contribution in [3.63, 3.8) is 0 Å². The van der Waals surface area contributed by atoms with Gasteiger partial charge in [-0.25, -0.2) is 0 Å². The van der Waals surface area contributed by atoms with Crippen molar-refractivity contribution in [3.05, 3.63) is 71.1 Å². The number of piperazine rings is 1. The van der Waals surface area contributed by atoms with Gasteiger partial charge in [0, 0.05) is 61.8 Å². The van der Waals surface area contributed by atoms with Crippen molar-refractivity contribution < 1.29 is 9.32 Å². The molecule has 6 nitrogen and oxygen atoms in total. The molecule has 2 aromatic heterocycles. The molecule has 1 aliphatic carbocycles. The van der Waals surface area contributed by atoms with Crippen LogP contribution in [0.3, 0.4) is 0 Å². The highest BCUT2D eigenvalue weighted by Gasteiger charge is 2.55. The molecule has 7 heteroatoms. The Labute approximate surface area is 180 Å². The maximum Gasteiger partial charge on any atom is 0.235 e. The monoisotopic (exact) mass is 422 g/mol. The Hall–Kier alpha value is -2.70. The lowest BCUT2D eigenvalue weighted by molar-refractivity contribution is -0.136. The summed E-state index contributed by atoms with van der Waals surface area (Å²) in [4.78, 5) is 21.9. The molecule has 1 aromatic carbocycles. The van der Waals surface area contributed by atoms with Crippen LogP contribution in [0.15, 0.2) is 59.4 Å². The van der Waals surface area contributed by atoms with E-state index in [1.165, 1.54) is 5.56 Å². The van der Waals surface area contributed by atoms with E-state index in [0.29, 0.717) is 10.8 Å². The van der Waals surface area contributed by atoms with Gasteiger partial charge in [0.25, 0.3) is 0 Å². The summed E-state index contributed by atoms with van der Waals surface area (Å²) < 4.78 is 5.56. The third kappa shape index (κ3) is 3.73. The summed E-state index contributed by atoms with van der Waals surface area (Å²) in [6, 6.07) is 13.4. The highest BCUT2D eigenvalue weighted by Crippen LogP contribution is 2.50. The van der Waals surface area contributed by atoms with Gasteiger partial charge in [-0.15, -0.1) is 0 Å². The predicted molar refractivity (Wildman–Crippen MR) is 114 cm³/mol. The zero-order chi connectivity index (χ0) is 20.6. The van der Waals surface area contributed by atoms with Crippen LogP contribution < -0.4 is 0 Å². The molecule has 0 spiro atoms. The number of benzene rings is 1. The molecule has 1 saturated carbocycles. The minimum absolute atomic E-state index is 0.180. The van der Waals surface area contributed by atoms with Gasteiger partial charge in [0.15, 0.2) is 5.76 Å². The molecule has 2 aliphatic rings. The number of aromatic nitrogens is 2. The Balaban J connectivity index is 1.24. The summed E-state index contributed by atoms with van der Waals surface area (Å²) in [5, 5.41) is 4.94. The summed E-state index contributed by atoms with van der Waals surface area (Å²) in [6.07, 6.45) is 5.35. The first-order chi connectivity index (χ1) is 14.6. The Morgan fingerprint density at radius 2 is 1.87 bits per heavy atom. The summed E-state index contributed by atoms with van der Waals surface area (Å²) in [6.45, 7) is 4.08.